The first-order chi connectivity index (χ1) is 13.5. The maximum atomic E-state index is 12.8. The van der Waals surface area contributed by atoms with Crippen molar-refractivity contribution in [3.05, 3.63) is 48.7 Å². The number of hydrogen-bond donors (Lipinski definition) is 1. The van der Waals surface area contributed by atoms with Crippen LogP contribution >= 0.6 is 0 Å². The third kappa shape index (κ3) is 3.47. The molecule has 1 aromatic heterocycles. The van der Waals surface area contributed by atoms with Crippen LogP contribution in [-0.2, 0) is 7.05 Å². The van der Waals surface area contributed by atoms with E-state index in [1.807, 2.05) is 47.0 Å². The summed E-state index contributed by atoms with van der Waals surface area (Å²) in [6, 6.07) is 13.9. The molecule has 1 aliphatic heterocycles. The molecule has 2 heterocycles. The highest BCUT2D eigenvalue weighted by atomic mass is 16.5. The molecular formula is C21H25N5O2. The van der Waals surface area contributed by atoms with Crippen molar-refractivity contribution in [1.82, 2.24) is 14.7 Å². The van der Waals surface area contributed by atoms with Crippen molar-refractivity contribution in [3.63, 3.8) is 0 Å². The molecule has 1 N–H and O–H groups in total. The minimum atomic E-state index is -0.0647. The Bertz CT molecular complexity index is 982. The number of carbonyl (C=O) groups excluding carboxylic acids is 1. The lowest BCUT2D eigenvalue weighted by atomic mass is 10.1. The number of anilines is 2. The first-order valence-corrected chi connectivity index (χ1v) is 9.43. The number of methoxy groups -OCH3 is 1. The van der Waals surface area contributed by atoms with Crippen LogP contribution in [0.4, 0.5) is 16.2 Å². The average molecular weight is 379 g/mol. The van der Waals surface area contributed by atoms with Gasteiger partial charge in [0.15, 0.2) is 0 Å². The zero-order valence-electron chi connectivity index (χ0n) is 16.4. The maximum Gasteiger partial charge on any atom is 0.322 e. The molecule has 2 aromatic carbocycles. The smallest absolute Gasteiger partial charge is 0.322 e. The first kappa shape index (κ1) is 18.2. The van der Waals surface area contributed by atoms with E-state index in [2.05, 4.69) is 34.4 Å². The number of piperazine rings is 1. The molecule has 0 bridgehead atoms. The molecule has 28 heavy (non-hydrogen) atoms. The lowest BCUT2D eigenvalue weighted by molar-refractivity contribution is 0.185. The number of rotatable bonds is 3. The monoisotopic (exact) mass is 379 g/mol. The van der Waals surface area contributed by atoms with Crippen molar-refractivity contribution in [1.29, 1.82) is 0 Å². The second-order valence-corrected chi connectivity index (χ2v) is 7.16. The van der Waals surface area contributed by atoms with Crippen LogP contribution in [0.3, 0.4) is 0 Å². The van der Waals surface area contributed by atoms with Gasteiger partial charge in [-0.05, 0) is 49.4 Å². The topological polar surface area (TPSA) is 62.6 Å². The van der Waals surface area contributed by atoms with E-state index >= 15 is 0 Å². The molecule has 0 radical (unpaired) electrons. The Morgan fingerprint density at radius 2 is 1.96 bits per heavy atom. The largest absolute Gasteiger partial charge is 0.497 e. The molecule has 0 aliphatic carbocycles. The normalized spacial score (nSPS) is 17.0. The number of carbonyl (C=O) groups is 1. The first-order valence-electron chi connectivity index (χ1n) is 9.43. The van der Waals surface area contributed by atoms with Gasteiger partial charge in [0, 0.05) is 49.5 Å². The molecule has 1 aliphatic rings. The molecule has 2 amide bonds. The van der Waals surface area contributed by atoms with Gasteiger partial charge in [0.1, 0.15) is 5.75 Å². The van der Waals surface area contributed by atoms with E-state index < -0.39 is 0 Å². The summed E-state index contributed by atoms with van der Waals surface area (Å²) >= 11 is 0. The molecule has 7 nitrogen and oxygen atoms in total. The van der Waals surface area contributed by atoms with Crippen LogP contribution in [0.5, 0.6) is 5.75 Å². The summed E-state index contributed by atoms with van der Waals surface area (Å²) in [5.74, 6) is 0.848. The number of hydrogen-bond acceptors (Lipinski definition) is 4. The second kappa shape index (κ2) is 7.42. The van der Waals surface area contributed by atoms with E-state index in [1.165, 1.54) is 0 Å². The van der Waals surface area contributed by atoms with Gasteiger partial charge < -0.3 is 19.9 Å². The molecule has 146 valence electrons. The van der Waals surface area contributed by atoms with E-state index in [0.29, 0.717) is 6.54 Å². The van der Waals surface area contributed by atoms with Crippen molar-refractivity contribution >= 4 is 28.3 Å². The van der Waals surface area contributed by atoms with Crippen molar-refractivity contribution in [2.75, 3.05) is 37.0 Å². The number of urea groups is 1. The van der Waals surface area contributed by atoms with E-state index in [0.717, 1.165) is 41.1 Å². The zero-order valence-corrected chi connectivity index (χ0v) is 16.4. The van der Waals surface area contributed by atoms with Crippen LogP contribution in [0.1, 0.15) is 6.92 Å². The molecule has 3 aromatic rings. The number of aromatic nitrogens is 2. The fourth-order valence-electron chi connectivity index (χ4n) is 3.72. The van der Waals surface area contributed by atoms with Crippen molar-refractivity contribution in [2.45, 2.75) is 13.0 Å². The molecule has 7 heteroatoms. The van der Waals surface area contributed by atoms with E-state index in [9.17, 15) is 4.79 Å². The van der Waals surface area contributed by atoms with Gasteiger partial charge in [-0.25, -0.2) is 4.79 Å². The van der Waals surface area contributed by atoms with Crippen LogP contribution in [0, 0.1) is 0 Å². The second-order valence-electron chi connectivity index (χ2n) is 7.16. The van der Waals surface area contributed by atoms with Gasteiger partial charge in [-0.1, -0.05) is 0 Å². The number of benzene rings is 2. The van der Waals surface area contributed by atoms with Crippen LogP contribution in [0.15, 0.2) is 48.7 Å². The van der Waals surface area contributed by atoms with Crippen LogP contribution < -0.4 is 15.0 Å². The summed E-state index contributed by atoms with van der Waals surface area (Å²) in [6.45, 7) is 4.35. The fraction of sp³-hybridized carbons (Fsp3) is 0.333. The van der Waals surface area contributed by atoms with Crippen LogP contribution in [0.2, 0.25) is 0 Å². The van der Waals surface area contributed by atoms with Crippen LogP contribution in [-0.4, -0.2) is 53.5 Å². The molecule has 0 saturated carbocycles. The summed E-state index contributed by atoms with van der Waals surface area (Å²) in [6.07, 6.45) is 1.81. The standard InChI is InChI=1S/C21H25N5O2/c1-15-14-25(18-5-7-19(28-3)8-6-18)10-11-26(15)21(27)23-17-4-9-20-16(12-17)13-22-24(20)2/h4-9,12-13,15H,10-11,14H2,1-3H3,(H,23,27)/t15-/m1/s1. The number of nitrogens with one attached hydrogen (secondary N) is 1. The molecule has 1 fully saturated rings. The Morgan fingerprint density at radius 3 is 2.68 bits per heavy atom. The van der Waals surface area contributed by atoms with Crippen molar-refractivity contribution < 1.29 is 9.53 Å². The van der Waals surface area contributed by atoms with E-state index in [1.54, 1.807) is 13.3 Å². The van der Waals surface area contributed by atoms with Gasteiger partial charge in [-0.3, -0.25) is 4.68 Å². The molecule has 1 atom stereocenters. The minimum absolute atomic E-state index is 0.0647. The van der Waals surface area contributed by atoms with Gasteiger partial charge in [0.2, 0.25) is 0 Å². The van der Waals surface area contributed by atoms with Crippen LogP contribution in [0.25, 0.3) is 10.9 Å². The Morgan fingerprint density at radius 1 is 1.18 bits per heavy atom. The quantitative estimate of drug-likeness (QED) is 0.758. The number of aryl methyl sites for hydroxylation is 1. The van der Waals surface area contributed by atoms with E-state index in [-0.39, 0.29) is 12.1 Å². The summed E-state index contributed by atoms with van der Waals surface area (Å²) in [5.41, 5.74) is 2.98. The van der Waals surface area contributed by atoms with Crippen molar-refractivity contribution in [2.24, 2.45) is 7.05 Å². The average Bonchev–Trinajstić information content (AvgIpc) is 3.08. The fourth-order valence-corrected chi connectivity index (χ4v) is 3.72. The third-order valence-electron chi connectivity index (χ3n) is 5.32. The van der Waals surface area contributed by atoms with Crippen molar-refractivity contribution in [3.8, 4) is 5.75 Å². The predicted octanol–water partition coefficient (Wildman–Crippen LogP) is 3.32. The molecule has 0 unspecified atom stereocenters. The summed E-state index contributed by atoms with van der Waals surface area (Å²) in [4.78, 5) is 17.0. The number of fused-ring (bicyclic) bond motifs is 1. The summed E-state index contributed by atoms with van der Waals surface area (Å²) < 4.78 is 7.05. The highest BCUT2D eigenvalue weighted by Crippen LogP contribution is 2.23. The molecular weight excluding hydrogens is 354 g/mol. The third-order valence-corrected chi connectivity index (χ3v) is 5.32. The highest BCUT2D eigenvalue weighted by Gasteiger charge is 2.27. The lowest BCUT2D eigenvalue weighted by Gasteiger charge is -2.40. The van der Waals surface area contributed by atoms with E-state index in [4.69, 9.17) is 4.74 Å². The number of amides is 2. The maximum absolute atomic E-state index is 12.8. The van der Waals surface area contributed by atoms with Gasteiger partial charge in [-0.2, -0.15) is 5.10 Å². The Kier molecular flexibility index (Phi) is 4.81. The predicted molar refractivity (Wildman–Crippen MR) is 111 cm³/mol. The zero-order chi connectivity index (χ0) is 19.7. The Labute approximate surface area is 164 Å². The molecule has 1 saturated heterocycles. The summed E-state index contributed by atoms with van der Waals surface area (Å²) in [7, 11) is 3.57. The number of nitrogens with zero attached hydrogens (tertiary/aromatic N) is 4. The summed E-state index contributed by atoms with van der Waals surface area (Å²) in [5, 5.41) is 8.29. The minimum Gasteiger partial charge on any atom is -0.497 e. The molecule has 4 rings (SSSR count). The number of ether oxygens (including phenoxy) is 1. The lowest BCUT2D eigenvalue weighted by Crippen LogP contribution is -2.55. The van der Waals surface area contributed by atoms with Gasteiger partial charge in [0.25, 0.3) is 0 Å². The Balaban J connectivity index is 1.40. The van der Waals surface area contributed by atoms with Gasteiger partial charge in [0.05, 0.1) is 18.8 Å². The SMILES string of the molecule is COc1ccc(N2CCN(C(=O)Nc3ccc4c(cnn4C)c3)[C@H](C)C2)cc1. The molecule has 0 spiro atoms. The highest BCUT2D eigenvalue weighted by molar-refractivity contribution is 5.93. The van der Waals surface area contributed by atoms with Gasteiger partial charge >= 0.3 is 6.03 Å². The van der Waals surface area contributed by atoms with Gasteiger partial charge in [-0.15, -0.1) is 0 Å². The Hall–Kier alpha value is -3.22.